The minimum atomic E-state index is -0.409. The molecule has 0 radical (unpaired) electrons. The number of nitrogens with one attached hydrogen (secondary N) is 1. The minimum absolute atomic E-state index is 0.0850. The van der Waals surface area contributed by atoms with E-state index < -0.39 is 5.91 Å². The van der Waals surface area contributed by atoms with Gasteiger partial charge in [-0.1, -0.05) is 0 Å². The van der Waals surface area contributed by atoms with Gasteiger partial charge >= 0.3 is 0 Å². The lowest BCUT2D eigenvalue weighted by molar-refractivity contribution is -0.116. The Morgan fingerprint density at radius 1 is 1.62 bits per heavy atom. The van der Waals surface area contributed by atoms with Gasteiger partial charge in [-0.2, -0.15) is 0 Å². The standard InChI is InChI=1S/C9H10IN5O/c1-5-13-14-9-7(12-3-8(11)16)2-6(10)4-15(5)9/h2,4,12H,3H2,1H3,(H2,11,16). The Hall–Kier alpha value is -1.38. The number of carbonyl (C=O) groups excluding carboxylic acids is 1. The molecule has 0 spiro atoms. The maximum atomic E-state index is 10.7. The van der Waals surface area contributed by atoms with E-state index in [9.17, 15) is 4.79 Å². The average Bonchev–Trinajstić information content (AvgIpc) is 2.57. The van der Waals surface area contributed by atoms with Crippen molar-refractivity contribution >= 4 is 39.8 Å². The Morgan fingerprint density at radius 3 is 3.06 bits per heavy atom. The zero-order valence-electron chi connectivity index (χ0n) is 8.57. The number of halogens is 1. The van der Waals surface area contributed by atoms with E-state index >= 15 is 0 Å². The van der Waals surface area contributed by atoms with Crippen molar-refractivity contribution < 1.29 is 4.79 Å². The van der Waals surface area contributed by atoms with Crippen LogP contribution >= 0.6 is 22.6 Å². The number of carbonyl (C=O) groups is 1. The Bertz CT molecular complexity index is 550. The van der Waals surface area contributed by atoms with E-state index in [1.165, 1.54) is 0 Å². The Kier molecular flexibility index (Phi) is 2.95. The molecule has 1 amide bonds. The molecule has 0 aromatic carbocycles. The number of rotatable bonds is 3. The molecule has 2 aromatic rings. The Labute approximate surface area is 105 Å². The van der Waals surface area contributed by atoms with Crippen LogP contribution in [0.2, 0.25) is 0 Å². The van der Waals surface area contributed by atoms with E-state index in [0.717, 1.165) is 15.1 Å². The lowest BCUT2D eigenvalue weighted by Crippen LogP contribution is -2.22. The van der Waals surface area contributed by atoms with Gasteiger partial charge in [0.25, 0.3) is 0 Å². The molecule has 0 aliphatic heterocycles. The zero-order chi connectivity index (χ0) is 11.7. The molecular weight excluding hydrogens is 321 g/mol. The van der Waals surface area contributed by atoms with Crippen LogP contribution in [0.1, 0.15) is 5.82 Å². The Morgan fingerprint density at radius 2 is 2.38 bits per heavy atom. The van der Waals surface area contributed by atoms with Crippen LogP contribution in [0.15, 0.2) is 12.3 Å². The van der Waals surface area contributed by atoms with E-state index in [2.05, 4.69) is 38.1 Å². The summed E-state index contributed by atoms with van der Waals surface area (Å²) in [6.45, 7) is 1.95. The molecule has 2 aromatic heterocycles. The summed E-state index contributed by atoms with van der Waals surface area (Å²) in [6.07, 6.45) is 1.93. The minimum Gasteiger partial charge on any atom is -0.373 e. The Balaban J connectivity index is 2.46. The van der Waals surface area contributed by atoms with Gasteiger partial charge in [0.2, 0.25) is 5.91 Å². The molecule has 84 valence electrons. The zero-order valence-corrected chi connectivity index (χ0v) is 10.7. The van der Waals surface area contributed by atoms with Crippen molar-refractivity contribution in [1.82, 2.24) is 14.6 Å². The number of primary amides is 1. The highest BCUT2D eigenvalue weighted by Gasteiger charge is 2.08. The van der Waals surface area contributed by atoms with Gasteiger partial charge in [0, 0.05) is 9.77 Å². The molecule has 0 saturated carbocycles. The molecule has 0 bridgehead atoms. The van der Waals surface area contributed by atoms with Gasteiger partial charge in [0.05, 0.1) is 12.2 Å². The summed E-state index contributed by atoms with van der Waals surface area (Å²) in [5.74, 6) is 0.392. The normalized spacial score (nSPS) is 10.6. The molecule has 0 unspecified atom stereocenters. The largest absolute Gasteiger partial charge is 0.373 e. The summed E-state index contributed by atoms with van der Waals surface area (Å²) in [4.78, 5) is 10.7. The van der Waals surface area contributed by atoms with E-state index in [0.29, 0.717) is 5.65 Å². The first-order valence-corrected chi connectivity index (χ1v) is 5.69. The second-order valence-electron chi connectivity index (χ2n) is 3.33. The van der Waals surface area contributed by atoms with Crippen molar-refractivity contribution in [3.63, 3.8) is 0 Å². The monoisotopic (exact) mass is 331 g/mol. The number of nitrogens with zero attached hydrogens (tertiary/aromatic N) is 3. The van der Waals surface area contributed by atoms with Crippen LogP contribution in [0.5, 0.6) is 0 Å². The third kappa shape index (κ3) is 2.08. The van der Waals surface area contributed by atoms with E-state index in [1.807, 2.05) is 23.6 Å². The van der Waals surface area contributed by atoms with Crippen molar-refractivity contribution in [3.05, 3.63) is 21.7 Å². The van der Waals surface area contributed by atoms with Gasteiger partial charge in [0.1, 0.15) is 5.82 Å². The molecule has 16 heavy (non-hydrogen) atoms. The second kappa shape index (κ2) is 4.24. The highest BCUT2D eigenvalue weighted by Crippen LogP contribution is 2.19. The van der Waals surface area contributed by atoms with Crippen molar-refractivity contribution in [3.8, 4) is 0 Å². The van der Waals surface area contributed by atoms with Crippen LogP contribution in [0.4, 0.5) is 5.69 Å². The van der Waals surface area contributed by atoms with E-state index in [-0.39, 0.29) is 6.54 Å². The topological polar surface area (TPSA) is 85.3 Å². The van der Waals surface area contributed by atoms with Gasteiger partial charge in [0.15, 0.2) is 5.65 Å². The summed E-state index contributed by atoms with van der Waals surface area (Å²) in [5.41, 5.74) is 6.53. The fourth-order valence-corrected chi connectivity index (χ4v) is 1.97. The maximum Gasteiger partial charge on any atom is 0.236 e. The molecular formula is C9H10IN5O. The van der Waals surface area contributed by atoms with Gasteiger partial charge < -0.3 is 11.1 Å². The van der Waals surface area contributed by atoms with Crippen LogP contribution in [-0.2, 0) is 4.79 Å². The number of fused-ring (bicyclic) bond motifs is 1. The first-order chi connectivity index (χ1) is 7.58. The van der Waals surface area contributed by atoms with Crippen LogP contribution in [0.3, 0.4) is 0 Å². The molecule has 0 aliphatic rings. The second-order valence-corrected chi connectivity index (χ2v) is 4.58. The fraction of sp³-hybridized carbons (Fsp3) is 0.222. The van der Waals surface area contributed by atoms with E-state index in [1.54, 1.807) is 0 Å². The highest BCUT2D eigenvalue weighted by atomic mass is 127. The predicted octanol–water partition coefficient (Wildman–Crippen LogP) is 0.540. The number of amides is 1. The fourth-order valence-electron chi connectivity index (χ4n) is 1.38. The molecule has 2 rings (SSSR count). The summed E-state index contributed by atoms with van der Waals surface area (Å²) in [6, 6.07) is 1.90. The SMILES string of the molecule is Cc1nnc2c(NCC(N)=O)cc(I)cn12. The van der Waals surface area contributed by atoms with Gasteiger partial charge in [-0.3, -0.25) is 9.20 Å². The van der Waals surface area contributed by atoms with Crippen molar-refractivity contribution in [2.24, 2.45) is 5.73 Å². The molecule has 2 heterocycles. The first-order valence-electron chi connectivity index (χ1n) is 4.61. The van der Waals surface area contributed by atoms with Crippen molar-refractivity contribution in [2.75, 3.05) is 11.9 Å². The number of aryl methyl sites for hydroxylation is 1. The number of pyridine rings is 1. The summed E-state index contributed by atoms with van der Waals surface area (Å²) >= 11 is 2.19. The number of aromatic nitrogens is 3. The first kappa shape index (κ1) is 11.1. The quantitative estimate of drug-likeness (QED) is 0.804. The molecule has 3 N–H and O–H groups in total. The number of nitrogens with two attached hydrogens (primary N) is 1. The summed E-state index contributed by atoms with van der Waals surface area (Å²) in [5, 5.41) is 10.9. The van der Waals surface area contributed by atoms with Crippen LogP contribution in [-0.4, -0.2) is 27.0 Å². The predicted molar refractivity (Wildman–Crippen MR) is 68.1 cm³/mol. The van der Waals surface area contributed by atoms with Gasteiger partial charge in [-0.15, -0.1) is 10.2 Å². The molecule has 7 heteroatoms. The molecule has 0 aliphatic carbocycles. The van der Waals surface area contributed by atoms with Crippen LogP contribution < -0.4 is 11.1 Å². The van der Waals surface area contributed by atoms with Gasteiger partial charge in [-0.25, -0.2) is 0 Å². The maximum absolute atomic E-state index is 10.7. The lowest BCUT2D eigenvalue weighted by Gasteiger charge is -2.06. The smallest absolute Gasteiger partial charge is 0.236 e. The lowest BCUT2D eigenvalue weighted by atomic mass is 10.4. The average molecular weight is 331 g/mol. The third-order valence-electron chi connectivity index (χ3n) is 2.09. The summed E-state index contributed by atoms with van der Waals surface area (Å²) < 4.78 is 2.89. The molecule has 0 fully saturated rings. The molecule has 0 saturated heterocycles. The number of anilines is 1. The third-order valence-corrected chi connectivity index (χ3v) is 2.68. The number of hydrogen-bond acceptors (Lipinski definition) is 4. The number of hydrogen-bond donors (Lipinski definition) is 2. The van der Waals surface area contributed by atoms with Crippen LogP contribution in [0.25, 0.3) is 5.65 Å². The summed E-state index contributed by atoms with van der Waals surface area (Å²) in [7, 11) is 0. The van der Waals surface area contributed by atoms with E-state index in [4.69, 9.17) is 5.73 Å². The van der Waals surface area contributed by atoms with Crippen molar-refractivity contribution in [2.45, 2.75) is 6.92 Å². The van der Waals surface area contributed by atoms with Crippen molar-refractivity contribution in [1.29, 1.82) is 0 Å². The molecule has 0 atom stereocenters. The highest BCUT2D eigenvalue weighted by molar-refractivity contribution is 14.1. The van der Waals surface area contributed by atoms with Crippen LogP contribution in [0, 0.1) is 10.5 Å². The molecule has 6 nitrogen and oxygen atoms in total. The van der Waals surface area contributed by atoms with Gasteiger partial charge in [-0.05, 0) is 35.6 Å².